The first-order valence-electron chi connectivity index (χ1n) is 13.1. The number of hydrogen-bond donors (Lipinski definition) is 1. The summed E-state index contributed by atoms with van der Waals surface area (Å²) in [6, 6.07) is 8.52. The Bertz CT molecular complexity index is 1700. The molecule has 1 saturated carbocycles. The molecule has 4 aromatic heterocycles. The molecule has 11 heteroatoms. The molecule has 39 heavy (non-hydrogen) atoms. The highest BCUT2D eigenvalue weighted by Crippen LogP contribution is 2.37. The summed E-state index contributed by atoms with van der Waals surface area (Å²) < 4.78 is 21.8. The van der Waals surface area contributed by atoms with Gasteiger partial charge in [0.1, 0.15) is 22.9 Å². The fraction of sp³-hybridized carbons (Fsp3) is 0.357. The molecule has 1 N–H and O–H groups in total. The van der Waals surface area contributed by atoms with Crippen LogP contribution in [0, 0.1) is 17.7 Å². The average Bonchev–Trinajstić information content (AvgIpc) is 3.53. The van der Waals surface area contributed by atoms with Crippen LogP contribution < -0.4 is 5.76 Å². The van der Waals surface area contributed by atoms with Gasteiger partial charge in [-0.2, -0.15) is 0 Å². The second kappa shape index (κ2) is 10.3. The third-order valence-electron chi connectivity index (χ3n) is 7.60. The van der Waals surface area contributed by atoms with Crippen molar-refractivity contribution in [2.75, 3.05) is 0 Å². The minimum Gasteiger partial charge on any atom is -0.324 e. The Morgan fingerprint density at radius 1 is 1.15 bits per heavy atom. The van der Waals surface area contributed by atoms with Crippen LogP contribution in [0.4, 0.5) is 4.39 Å². The molecule has 1 fully saturated rings. The molecule has 1 atom stereocenters. The first kappa shape index (κ1) is 25.4. The van der Waals surface area contributed by atoms with E-state index < -0.39 is 5.76 Å². The van der Waals surface area contributed by atoms with Gasteiger partial charge < -0.3 is 4.57 Å². The maximum absolute atomic E-state index is 15.0. The fourth-order valence-corrected chi connectivity index (χ4v) is 5.65. The molecule has 1 aliphatic rings. The number of aromatic nitrogens is 7. The zero-order valence-electron chi connectivity index (χ0n) is 21.6. The van der Waals surface area contributed by atoms with Crippen molar-refractivity contribution in [1.29, 1.82) is 0 Å². The van der Waals surface area contributed by atoms with E-state index in [1.165, 1.54) is 18.9 Å². The SMILES string of the molecule is CC1CCC(Cn2c(C(C)c3ccccc3F)nc3nc(-c4noc(=O)[nH]4)nc(-c4cncc(Cl)c4)c32)CC1. The summed E-state index contributed by atoms with van der Waals surface area (Å²) in [5.74, 6) is 0.686. The van der Waals surface area contributed by atoms with Crippen molar-refractivity contribution >= 4 is 22.8 Å². The number of halogens is 2. The topological polar surface area (TPSA) is 115 Å². The standard InChI is InChI=1S/C28H27ClFN7O2/c1-15-7-9-17(10-8-15)14-37-23-22(18-11-19(29)13-31-12-18)32-25(26-35-28(38)39-36-26)33-24(23)34-27(37)16(2)20-5-3-4-6-21(20)30/h3-6,11-13,15-17H,7-10,14H2,1-2H3,(H,35,36,38). The van der Waals surface area contributed by atoms with Crippen LogP contribution in [0.15, 0.2) is 52.0 Å². The Kier molecular flexibility index (Phi) is 6.72. The summed E-state index contributed by atoms with van der Waals surface area (Å²) >= 11 is 6.32. The number of aromatic amines is 1. The smallest absolute Gasteiger partial charge is 0.324 e. The number of fused-ring (bicyclic) bond motifs is 1. The fourth-order valence-electron chi connectivity index (χ4n) is 5.48. The van der Waals surface area contributed by atoms with Crippen molar-refractivity contribution in [3.8, 4) is 22.9 Å². The highest BCUT2D eigenvalue weighted by molar-refractivity contribution is 6.30. The number of benzene rings is 1. The monoisotopic (exact) mass is 547 g/mol. The van der Waals surface area contributed by atoms with Crippen LogP contribution in [0.5, 0.6) is 0 Å². The minimum atomic E-state index is -0.717. The average molecular weight is 548 g/mol. The second-order valence-corrected chi connectivity index (χ2v) is 10.8. The molecule has 1 aliphatic carbocycles. The van der Waals surface area contributed by atoms with Crippen molar-refractivity contribution < 1.29 is 8.91 Å². The van der Waals surface area contributed by atoms with Gasteiger partial charge in [0.15, 0.2) is 5.65 Å². The summed E-state index contributed by atoms with van der Waals surface area (Å²) in [6.45, 7) is 4.94. The van der Waals surface area contributed by atoms with Crippen LogP contribution in [0.1, 0.15) is 56.8 Å². The van der Waals surface area contributed by atoms with Gasteiger partial charge in [-0.25, -0.2) is 24.1 Å². The highest BCUT2D eigenvalue weighted by Gasteiger charge is 2.28. The third kappa shape index (κ3) is 4.96. The summed E-state index contributed by atoms with van der Waals surface area (Å²) in [5.41, 5.74) is 2.85. The molecule has 1 aromatic carbocycles. The van der Waals surface area contributed by atoms with Crippen LogP contribution in [0.25, 0.3) is 34.1 Å². The Morgan fingerprint density at radius 2 is 1.95 bits per heavy atom. The van der Waals surface area contributed by atoms with E-state index in [-0.39, 0.29) is 23.4 Å². The number of rotatable bonds is 6. The molecule has 0 saturated heterocycles. The molecule has 0 bridgehead atoms. The van der Waals surface area contributed by atoms with Crippen LogP contribution >= 0.6 is 11.6 Å². The number of imidazole rings is 1. The van der Waals surface area contributed by atoms with E-state index in [0.29, 0.717) is 57.2 Å². The van der Waals surface area contributed by atoms with Gasteiger partial charge in [-0.1, -0.05) is 61.6 Å². The van der Waals surface area contributed by atoms with Gasteiger partial charge in [0, 0.05) is 30.4 Å². The molecule has 1 unspecified atom stereocenters. The van der Waals surface area contributed by atoms with E-state index in [1.54, 1.807) is 30.6 Å². The Hall–Kier alpha value is -3.92. The van der Waals surface area contributed by atoms with Gasteiger partial charge in [0.2, 0.25) is 11.6 Å². The minimum absolute atomic E-state index is 0.0812. The number of H-pyrrole nitrogens is 1. The molecule has 0 spiro atoms. The van der Waals surface area contributed by atoms with Crippen molar-refractivity contribution in [2.24, 2.45) is 11.8 Å². The van der Waals surface area contributed by atoms with Crippen molar-refractivity contribution in [1.82, 2.24) is 34.6 Å². The van der Waals surface area contributed by atoms with Gasteiger partial charge in [0.05, 0.1) is 5.02 Å². The number of nitrogens with one attached hydrogen (secondary N) is 1. The van der Waals surface area contributed by atoms with Crippen molar-refractivity contribution in [3.05, 3.63) is 75.5 Å². The molecule has 6 rings (SSSR count). The lowest BCUT2D eigenvalue weighted by Gasteiger charge is -2.28. The third-order valence-corrected chi connectivity index (χ3v) is 7.80. The van der Waals surface area contributed by atoms with E-state index in [2.05, 4.69) is 31.6 Å². The largest absolute Gasteiger partial charge is 0.439 e. The van der Waals surface area contributed by atoms with E-state index in [0.717, 1.165) is 12.8 Å². The summed E-state index contributed by atoms with van der Waals surface area (Å²) in [4.78, 5) is 32.9. The predicted octanol–water partition coefficient (Wildman–Crippen LogP) is 6.00. The van der Waals surface area contributed by atoms with Gasteiger partial charge in [-0.15, -0.1) is 0 Å². The molecular formula is C28H27ClFN7O2. The lowest BCUT2D eigenvalue weighted by atomic mass is 9.83. The van der Waals surface area contributed by atoms with Gasteiger partial charge >= 0.3 is 5.76 Å². The first-order chi connectivity index (χ1) is 18.9. The molecule has 4 heterocycles. The van der Waals surface area contributed by atoms with Crippen molar-refractivity contribution in [3.63, 3.8) is 0 Å². The van der Waals surface area contributed by atoms with Gasteiger partial charge in [-0.05, 0) is 42.4 Å². The lowest BCUT2D eigenvalue weighted by Crippen LogP contribution is -2.20. The first-order valence-corrected chi connectivity index (χ1v) is 13.4. The summed E-state index contributed by atoms with van der Waals surface area (Å²) in [7, 11) is 0. The Balaban J connectivity index is 1.60. The van der Waals surface area contributed by atoms with E-state index >= 15 is 0 Å². The number of pyridine rings is 1. The van der Waals surface area contributed by atoms with E-state index in [4.69, 9.17) is 26.1 Å². The molecular weight excluding hydrogens is 521 g/mol. The molecule has 9 nitrogen and oxygen atoms in total. The molecule has 5 aromatic rings. The molecule has 0 radical (unpaired) electrons. The van der Waals surface area contributed by atoms with Gasteiger partial charge in [0.25, 0.3) is 0 Å². The van der Waals surface area contributed by atoms with E-state index in [1.807, 2.05) is 13.0 Å². The number of hydrogen-bond acceptors (Lipinski definition) is 7. The van der Waals surface area contributed by atoms with Gasteiger partial charge in [-0.3, -0.25) is 14.5 Å². The zero-order valence-corrected chi connectivity index (χ0v) is 22.3. The van der Waals surface area contributed by atoms with Crippen LogP contribution in [-0.4, -0.2) is 34.6 Å². The lowest BCUT2D eigenvalue weighted by molar-refractivity contribution is 0.264. The number of nitrogens with zero attached hydrogens (tertiary/aromatic N) is 6. The summed E-state index contributed by atoms with van der Waals surface area (Å²) in [5, 5.41) is 4.22. The molecule has 200 valence electrons. The Labute approximate surface area is 228 Å². The van der Waals surface area contributed by atoms with E-state index in [9.17, 15) is 9.18 Å². The maximum atomic E-state index is 15.0. The van der Waals surface area contributed by atoms with Crippen LogP contribution in [0.2, 0.25) is 5.02 Å². The zero-order chi connectivity index (χ0) is 27.1. The van der Waals surface area contributed by atoms with Crippen LogP contribution in [-0.2, 0) is 6.54 Å². The molecule has 0 aliphatic heterocycles. The highest BCUT2D eigenvalue weighted by atomic mass is 35.5. The normalized spacial score (nSPS) is 18.5. The quantitative estimate of drug-likeness (QED) is 0.277. The Morgan fingerprint density at radius 3 is 2.67 bits per heavy atom. The summed E-state index contributed by atoms with van der Waals surface area (Å²) in [6.07, 6.45) is 7.75. The molecule has 0 amide bonds. The maximum Gasteiger partial charge on any atom is 0.439 e. The predicted molar refractivity (Wildman–Crippen MR) is 145 cm³/mol. The van der Waals surface area contributed by atoms with Crippen LogP contribution in [0.3, 0.4) is 0 Å². The van der Waals surface area contributed by atoms with Crippen molar-refractivity contribution in [2.45, 2.75) is 52.0 Å². The second-order valence-electron chi connectivity index (χ2n) is 10.4.